The van der Waals surface area contributed by atoms with E-state index in [-0.39, 0.29) is 30.2 Å². The topological polar surface area (TPSA) is 103 Å². The molecule has 1 aliphatic rings. The molecular formula is C21H20F3N5O4. The molecule has 1 aromatic carbocycles. The second-order valence-electron chi connectivity index (χ2n) is 7.36. The third kappa shape index (κ3) is 5.57. The SMILES string of the molecule is CC(=O)OCc1nnc(-c2ccc(N3CCC(Oc4ccccc4C(F)(F)F)CC3)nn2)o1. The zero-order valence-electron chi connectivity index (χ0n) is 17.6. The normalized spacial score (nSPS) is 14.8. The standard InChI is InChI=1S/C21H20F3N5O4/c1-13(30)31-12-19-27-28-20(33-19)16-6-7-18(26-25-16)29-10-8-14(9-11-29)32-17-5-3-2-4-15(17)21(22,23)24/h2-7,14H,8-12H2,1H3. The fraction of sp³-hybridized carbons (Fsp3) is 0.381. The molecule has 1 aliphatic heterocycles. The number of carbonyl (C=O) groups excluding carboxylic acids is 1. The summed E-state index contributed by atoms with van der Waals surface area (Å²) in [5, 5.41) is 15.9. The molecule has 1 saturated heterocycles. The zero-order valence-corrected chi connectivity index (χ0v) is 17.6. The molecule has 1 fully saturated rings. The summed E-state index contributed by atoms with van der Waals surface area (Å²) in [4.78, 5) is 12.8. The van der Waals surface area contributed by atoms with Crippen molar-refractivity contribution in [3.63, 3.8) is 0 Å². The van der Waals surface area contributed by atoms with E-state index in [1.165, 1.54) is 25.1 Å². The molecule has 174 valence electrons. The van der Waals surface area contributed by atoms with Crippen molar-refractivity contribution >= 4 is 11.8 Å². The van der Waals surface area contributed by atoms with E-state index in [2.05, 4.69) is 20.4 Å². The van der Waals surface area contributed by atoms with Gasteiger partial charge in [0.15, 0.2) is 12.4 Å². The van der Waals surface area contributed by atoms with Crippen LogP contribution in [0.5, 0.6) is 5.75 Å². The number of carbonyl (C=O) groups is 1. The van der Waals surface area contributed by atoms with Crippen molar-refractivity contribution in [2.24, 2.45) is 0 Å². The van der Waals surface area contributed by atoms with Gasteiger partial charge in [-0.2, -0.15) is 13.2 Å². The number of piperidine rings is 1. The molecule has 33 heavy (non-hydrogen) atoms. The highest BCUT2D eigenvalue weighted by molar-refractivity contribution is 5.65. The van der Waals surface area contributed by atoms with Gasteiger partial charge in [0.2, 0.25) is 0 Å². The van der Waals surface area contributed by atoms with Crippen LogP contribution in [-0.2, 0) is 22.3 Å². The van der Waals surface area contributed by atoms with Crippen LogP contribution >= 0.6 is 0 Å². The second kappa shape index (κ2) is 9.43. The summed E-state index contributed by atoms with van der Waals surface area (Å²) in [6.45, 7) is 2.26. The Kier molecular flexibility index (Phi) is 6.43. The molecule has 0 aliphatic carbocycles. The van der Waals surface area contributed by atoms with Crippen LogP contribution in [0.3, 0.4) is 0 Å². The predicted octanol–water partition coefficient (Wildman–Crippen LogP) is 3.66. The first-order valence-electron chi connectivity index (χ1n) is 10.2. The number of ether oxygens (including phenoxy) is 2. The fourth-order valence-electron chi connectivity index (χ4n) is 3.37. The molecule has 0 radical (unpaired) electrons. The summed E-state index contributed by atoms with van der Waals surface area (Å²) in [6, 6.07) is 8.65. The van der Waals surface area contributed by atoms with Gasteiger partial charge in [0, 0.05) is 32.9 Å². The van der Waals surface area contributed by atoms with Crippen molar-refractivity contribution in [2.45, 2.75) is 38.7 Å². The highest BCUT2D eigenvalue weighted by atomic mass is 19.4. The number of benzene rings is 1. The third-order valence-electron chi connectivity index (χ3n) is 4.99. The van der Waals surface area contributed by atoms with E-state index in [0.717, 1.165) is 6.07 Å². The first-order chi connectivity index (χ1) is 15.8. The number of aromatic nitrogens is 4. The van der Waals surface area contributed by atoms with Crippen LogP contribution in [0.15, 0.2) is 40.8 Å². The van der Waals surface area contributed by atoms with E-state index in [9.17, 15) is 18.0 Å². The lowest BCUT2D eigenvalue weighted by Crippen LogP contribution is -2.39. The van der Waals surface area contributed by atoms with Gasteiger partial charge in [0.05, 0.1) is 5.56 Å². The smallest absolute Gasteiger partial charge is 0.419 e. The summed E-state index contributed by atoms with van der Waals surface area (Å²) in [5.74, 6) is 0.289. The van der Waals surface area contributed by atoms with Crippen molar-refractivity contribution < 1.29 is 31.9 Å². The Balaban J connectivity index is 1.34. The summed E-state index contributed by atoms with van der Waals surface area (Å²) in [5.41, 5.74) is -0.409. The molecule has 9 nitrogen and oxygen atoms in total. The van der Waals surface area contributed by atoms with Crippen molar-refractivity contribution in [2.75, 3.05) is 18.0 Å². The summed E-state index contributed by atoms with van der Waals surface area (Å²) in [7, 11) is 0. The maximum absolute atomic E-state index is 13.2. The van der Waals surface area contributed by atoms with Gasteiger partial charge < -0.3 is 18.8 Å². The molecule has 3 heterocycles. The molecule has 4 rings (SSSR count). The van der Waals surface area contributed by atoms with Crippen molar-refractivity contribution in [1.82, 2.24) is 20.4 Å². The number of nitrogens with zero attached hydrogens (tertiary/aromatic N) is 5. The monoisotopic (exact) mass is 463 g/mol. The molecule has 3 aromatic rings. The molecule has 2 aromatic heterocycles. The van der Waals surface area contributed by atoms with E-state index < -0.39 is 17.7 Å². The average Bonchev–Trinajstić information content (AvgIpc) is 3.27. The third-order valence-corrected chi connectivity index (χ3v) is 4.99. The van der Waals surface area contributed by atoms with Gasteiger partial charge in [-0.15, -0.1) is 20.4 Å². The number of rotatable bonds is 6. The first-order valence-corrected chi connectivity index (χ1v) is 10.2. The lowest BCUT2D eigenvalue weighted by Gasteiger charge is -2.33. The van der Waals surface area contributed by atoms with Gasteiger partial charge in [-0.25, -0.2) is 0 Å². The van der Waals surface area contributed by atoms with Crippen LogP contribution in [0.1, 0.15) is 31.2 Å². The highest BCUT2D eigenvalue weighted by Crippen LogP contribution is 2.37. The van der Waals surface area contributed by atoms with Gasteiger partial charge in [-0.1, -0.05) is 12.1 Å². The van der Waals surface area contributed by atoms with Crippen molar-refractivity contribution in [3.05, 3.63) is 47.9 Å². The quantitative estimate of drug-likeness (QED) is 0.507. The lowest BCUT2D eigenvalue weighted by molar-refractivity contribution is -0.143. The summed E-state index contributed by atoms with van der Waals surface area (Å²) in [6.07, 6.45) is -3.71. The van der Waals surface area contributed by atoms with Gasteiger partial charge in [-0.05, 0) is 24.3 Å². The minimum atomic E-state index is -4.46. The van der Waals surface area contributed by atoms with E-state index in [1.807, 2.05) is 4.90 Å². The average molecular weight is 463 g/mol. The number of hydrogen-bond donors (Lipinski definition) is 0. The maximum Gasteiger partial charge on any atom is 0.419 e. The van der Waals surface area contributed by atoms with Crippen LogP contribution in [-0.4, -0.2) is 45.6 Å². The maximum atomic E-state index is 13.2. The minimum Gasteiger partial charge on any atom is -0.490 e. The molecule has 0 amide bonds. The zero-order chi connectivity index (χ0) is 23.4. The lowest BCUT2D eigenvalue weighted by atomic mass is 10.1. The highest BCUT2D eigenvalue weighted by Gasteiger charge is 2.35. The van der Waals surface area contributed by atoms with Crippen LogP contribution in [0.2, 0.25) is 0 Å². The van der Waals surface area contributed by atoms with Crippen LogP contribution < -0.4 is 9.64 Å². The molecule has 0 N–H and O–H groups in total. The Bertz CT molecular complexity index is 1100. The Morgan fingerprint density at radius 2 is 1.85 bits per heavy atom. The Hall–Kier alpha value is -3.70. The number of hydrogen-bond acceptors (Lipinski definition) is 9. The molecular weight excluding hydrogens is 443 g/mol. The fourth-order valence-corrected chi connectivity index (χ4v) is 3.37. The minimum absolute atomic E-state index is 0.127. The molecule has 0 saturated carbocycles. The van der Waals surface area contributed by atoms with E-state index in [4.69, 9.17) is 13.9 Å². The van der Waals surface area contributed by atoms with Gasteiger partial charge in [0.25, 0.3) is 11.8 Å². The number of esters is 1. The summed E-state index contributed by atoms with van der Waals surface area (Å²) < 4.78 is 55.4. The number of alkyl halides is 3. The van der Waals surface area contributed by atoms with Crippen LogP contribution in [0, 0.1) is 0 Å². The second-order valence-corrected chi connectivity index (χ2v) is 7.36. The van der Waals surface area contributed by atoms with E-state index in [1.54, 1.807) is 12.1 Å². The Labute approximate surface area is 186 Å². The van der Waals surface area contributed by atoms with Gasteiger partial charge in [-0.3, -0.25) is 4.79 Å². The van der Waals surface area contributed by atoms with E-state index >= 15 is 0 Å². The van der Waals surface area contributed by atoms with Crippen LogP contribution in [0.25, 0.3) is 11.6 Å². The number of para-hydroxylation sites is 1. The summed E-state index contributed by atoms with van der Waals surface area (Å²) >= 11 is 0. The largest absolute Gasteiger partial charge is 0.490 e. The number of halogens is 3. The van der Waals surface area contributed by atoms with Crippen molar-refractivity contribution in [3.8, 4) is 17.3 Å². The van der Waals surface area contributed by atoms with Gasteiger partial charge >= 0.3 is 12.1 Å². The predicted molar refractivity (Wildman–Crippen MR) is 108 cm³/mol. The van der Waals surface area contributed by atoms with Crippen molar-refractivity contribution in [1.29, 1.82) is 0 Å². The molecule has 0 bridgehead atoms. The first kappa shape index (κ1) is 22.5. The number of anilines is 1. The molecule has 0 spiro atoms. The van der Waals surface area contributed by atoms with E-state index in [0.29, 0.717) is 37.4 Å². The molecule has 12 heteroatoms. The Morgan fingerprint density at radius 1 is 1.09 bits per heavy atom. The Morgan fingerprint density at radius 3 is 2.52 bits per heavy atom. The van der Waals surface area contributed by atoms with Gasteiger partial charge in [0.1, 0.15) is 17.5 Å². The molecule has 0 unspecified atom stereocenters. The van der Waals surface area contributed by atoms with Crippen LogP contribution in [0.4, 0.5) is 19.0 Å². The molecule has 0 atom stereocenters.